The first-order valence-corrected chi connectivity index (χ1v) is 14.5. The van der Waals surface area contributed by atoms with Crippen molar-refractivity contribution in [3.8, 4) is 5.75 Å². The number of carbonyl (C=O) groups excluding carboxylic acids is 1. The van der Waals surface area contributed by atoms with Crippen LogP contribution in [0.5, 0.6) is 5.75 Å². The van der Waals surface area contributed by atoms with Crippen molar-refractivity contribution in [2.24, 2.45) is 10.2 Å². The maximum atomic E-state index is 12.1. The van der Waals surface area contributed by atoms with E-state index in [1.165, 1.54) is 89.0 Å². The van der Waals surface area contributed by atoms with E-state index in [4.69, 9.17) is 4.74 Å². The molecule has 36 heavy (non-hydrogen) atoms. The van der Waals surface area contributed by atoms with Gasteiger partial charge in [-0.25, -0.2) is 0 Å². The van der Waals surface area contributed by atoms with Gasteiger partial charge >= 0.3 is 5.97 Å². The second-order valence-electron chi connectivity index (χ2n) is 9.93. The first-order chi connectivity index (χ1) is 17.7. The van der Waals surface area contributed by atoms with E-state index in [9.17, 15) is 4.79 Å². The summed E-state index contributed by atoms with van der Waals surface area (Å²) in [5.74, 6) is 0.405. The average molecular weight is 493 g/mol. The minimum atomic E-state index is -0.159. The zero-order valence-corrected chi connectivity index (χ0v) is 22.9. The van der Waals surface area contributed by atoms with E-state index in [1.807, 2.05) is 24.3 Å². The van der Waals surface area contributed by atoms with Crippen LogP contribution in [0, 0.1) is 0 Å². The molecule has 2 rings (SSSR count). The highest BCUT2D eigenvalue weighted by molar-refractivity contribution is 5.72. The van der Waals surface area contributed by atoms with Crippen LogP contribution in [-0.2, 0) is 11.2 Å². The molecule has 0 spiro atoms. The zero-order chi connectivity index (χ0) is 25.7. The first-order valence-electron chi connectivity index (χ1n) is 14.5. The van der Waals surface area contributed by atoms with Crippen LogP contribution in [0.1, 0.15) is 122 Å². The van der Waals surface area contributed by atoms with Crippen LogP contribution in [-0.4, -0.2) is 5.97 Å². The maximum absolute atomic E-state index is 12.1. The number of benzene rings is 2. The minimum Gasteiger partial charge on any atom is -0.427 e. The Kier molecular flexibility index (Phi) is 16.2. The van der Waals surface area contributed by atoms with Gasteiger partial charge in [-0.15, -0.1) is 0 Å². The van der Waals surface area contributed by atoms with Gasteiger partial charge < -0.3 is 4.74 Å². The van der Waals surface area contributed by atoms with Gasteiger partial charge in [-0.2, -0.15) is 10.2 Å². The van der Waals surface area contributed by atoms with Gasteiger partial charge in [0.05, 0.1) is 11.4 Å². The number of carbonyl (C=O) groups is 1. The first kappa shape index (κ1) is 29.7. The van der Waals surface area contributed by atoms with Crippen LogP contribution in [0.25, 0.3) is 0 Å². The molecule has 0 unspecified atom stereocenters. The summed E-state index contributed by atoms with van der Waals surface area (Å²) in [6.07, 6.45) is 20.7. The van der Waals surface area contributed by atoms with Crippen molar-refractivity contribution in [2.75, 3.05) is 0 Å². The van der Waals surface area contributed by atoms with Crippen LogP contribution in [0.15, 0.2) is 58.8 Å². The molecule has 0 amide bonds. The molecule has 4 nitrogen and oxygen atoms in total. The lowest BCUT2D eigenvalue weighted by molar-refractivity contribution is -0.134. The lowest BCUT2D eigenvalue weighted by Gasteiger charge is -2.05. The lowest BCUT2D eigenvalue weighted by atomic mass is 10.0. The molecule has 0 atom stereocenters. The molecule has 0 saturated carbocycles. The standard InChI is InChI=1S/C32H48N2O2/c1-3-5-7-9-11-12-13-15-17-19-32(35)36-31-26-24-30(25-27-31)34-33-29-22-20-28(21-23-29)18-16-14-10-8-6-4-2/h20-27H,3-19H2,1-2H3. The summed E-state index contributed by atoms with van der Waals surface area (Å²) in [5, 5.41) is 8.66. The number of esters is 1. The molecule has 198 valence electrons. The molecule has 0 aliphatic carbocycles. The van der Waals surface area contributed by atoms with Gasteiger partial charge in [0, 0.05) is 6.42 Å². The van der Waals surface area contributed by atoms with Gasteiger partial charge in [0.15, 0.2) is 0 Å². The van der Waals surface area contributed by atoms with Crippen LogP contribution in [0.3, 0.4) is 0 Å². The highest BCUT2D eigenvalue weighted by atomic mass is 16.5. The van der Waals surface area contributed by atoms with Gasteiger partial charge in [0.2, 0.25) is 0 Å². The summed E-state index contributed by atoms with van der Waals surface area (Å²) >= 11 is 0. The lowest BCUT2D eigenvalue weighted by Crippen LogP contribution is -2.07. The number of ether oxygens (including phenoxy) is 1. The van der Waals surface area contributed by atoms with E-state index < -0.39 is 0 Å². The molecule has 0 radical (unpaired) electrons. The third-order valence-electron chi connectivity index (χ3n) is 6.59. The van der Waals surface area contributed by atoms with Crippen LogP contribution in [0.2, 0.25) is 0 Å². The summed E-state index contributed by atoms with van der Waals surface area (Å²) in [4.78, 5) is 12.1. The van der Waals surface area contributed by atoms with Crippen molar-refractivity contribution in [1.29, 1.82) is 0 Å². The predicted molar refractivity (Wildman–Crippen MR) is 152 cm³/mol. The summed E-state index contributed by atoms with van der Waals surface area (Å²) in [5.41, 5.74) is 2.95. The Hall–Kier alpha value is -2.49. The fourth-order valence-electron chi connectivity index (χ4n) is 4.30. The molecule has 0 bridgehead atoms. The van der Waals surface area contributed by atoms with E-state index in [0.717, 1.165) is 30.6 Å². The molecule has 2 aromatic rings. The summed E-state index contributed by atoms with van der Waals surface area (Å²) < 4.78 is 5.47. The number of rotatable bonds is 20. The summed E-state index contributed by atoms with van der Waals surface area (Å²) in [7, 11) is 0. The molecule has 4 heteroatoms. The minimum absolute atomic E-state index is 0.159. The fraction of sp³-hybridized carbons (Fsp3) is 0.594. The SMILES string of the molecule is CCCCCCCCCCCC(=O)Oc1ccc(N=Nc2ccc(CCCCCCCC)cc2)cc1. The quantitative estimate of drug-likeness (QED) is 0.0798. The molecule has 0 N–H and O–H groups in total. The van der Waals surface area contributed by atoms with Crippen molar-refractivity contribution >= 4 is 17.3 Å². The number of hydrogen-bond acceptors (Lipinski definition) is 4. The second kappa shape index (κ2) is 19.7. The van der Waals surface area contributed by atoms with Crippen LogP contribution >= 0.6 is 0 Å². The number of aryl methyl sites for hydroxylation is 1. The van der Waals surface area contributed by atoms with Gasteiger partial charge in [0.25, 0.3) is 0 Å². The molecule has 0 aliphatic heterocycles. The third-order valence-corrected chi connectivity index (χ3v) is 6.59. The largest absolute Gasteiger partial charge is 0.427 e. The predicted octanol–water partition coefficient (Wildman–Crippen LogP) is 10.8. The van der Waals surface area contributed by atoms with Crippen molar-refractivity contribution in [3.63, 3.8) is 0 Å². The van der Waals surface area contributed by atoms with Gasteiger partial charge in [-0.1, -0.05) is 109 Å². The van der Waals surface area contributed by atoms with Crippen LogP contribution in [0.4, 0.5) is 11.4 Å². The number of hydrogen-bond donors (Lipinski definition) is 0. The topological polar surface area (TPSA) is 51.0 Å². The van der Waals surface area contributed by atoms with Crippen molar-refractivity contribution in [1.82, 2.24) is 0 Å². The number of unbranched alkanes of at least 4 members (excludes halogenated alkanes) is 13. The molecular formula is C32H48N2O2. The Bertz CT molecular complexity index is 843. The monoisotopic (exact) mass is 492 g/mol. The fourth-order valence-corrected chi connectivity index (χ4v) is 4.30. The van der Waals surface area contributed by atoms with Gasteiger partial charge in [-0.3, -0.25) is 4.79 Å². The zero-order valence-electron chi connectivity index (χ0n) is 22.9. The van der Waals surface area contributed by atoms with E-state index in [0.29, 0.717) is 12.2 Å². The van der Waals surface area contributed by atoms with Crippen molar-refractivity contribution in [2.45, 2.75) is 123 Å². The molecule has 0 saturated heterocycles. The summed E-state index contributed by atoms with van der Waals surface area (Å²) in [6.45, 7) is 4.50. The normalized spacial score (nSPS) is 11.3. The Balaban J connectivity index is 1.62. The van der Waals surface area contributed by atoms with E-state index in [-0.39, 0.29) is 5.97 Å². The van der Waals surface area contributed by atoms with Crippen molar-refractivity contribution in [3.05, 3.63) is 54.1 Å². The Morgan fingerprint density at radius 3 is 1.56 bits per heavy atom. The van der Waals surface area contributed by atoms with Crippen molar-refractivity contribution < 1.29 is 9.53 Å². The maximum Gasteiger partial charge on any atom is 0.311 e. The highest BCUT2D eigenvalue weighted by Crippen LogP contribution is 2.22. The smallest absolute Gasteiger partial charge is 0.311 e. The van der Waals surface area contributed by atoms with Gasteiger partial charge in [0.1, 0.15) is 5.75 Å². The van der Waals surface area contributed by atoms with E-state index in [1.54, 1.807) is 12.1 Å². The number of nitrogens with zero attached hydrogens (tertiary/aromatic N) is 2. The third kappa shape index (κ3) is 14.2. The Morgan fingerprint density at radius 1 is 0.583 bits per heavy atom. The van der Waals surface area contributed by atoms with E-state index >= 15 is 0 Å². The molecule has 0 aromatic heterocycles. The second-order valence-corrected chi connectivity index (χ2v) is 9.93. The molecule has 0 fully saturated rings. The molecule has 0 heterocycles. The Labute approximate surface area is 220 Å². The van der Waals surface area contributed by atoms with Gasteiger partial charge in [-0.05, 0) is 61.2 Å². The summed E-state index contributed by atoms with van der Waals surface area (Å²) in [6, 6.07) is 15.6. The number of azo groups is 1. The Morgan fingerprint density at radius 2 is 1.03 bits per heavy atom. The van der Waals surface area contributed by atoms with E-state index in [2.05, 4.69) is 36.2 Å². The highest BCUT2D eigenvalue weighted by Gasteiger charge is 2.05. The average Bonchev–Trinajstić information content (AvgIpc) is 2.90. The molecular weight excluding hydrogens is 444 g/mol. The van der Waals surface area contributed by atoms with Crippen LogP contribution < -0.4 is 4.74 Å². The molecule has 0 aliphatic rings. The molecule has 2 aromatic carbocycles.